The summed E-state index contributed by atoms with van der Waals surface area (Å²) in [7, 11) is 0. The van der Waals surface area contributed by atoms with Gasteiger partial charge in [0, 0.05) is 53.2 Å². The van der Waals surface area contributed by atoms with Gasteiger partial charge in [0.2, 0.25) is 0 Å². The zero-order valence-electron chi connectivity index (χ0n) is 29.9. The van der Waals surface area contributed by atoms with Crippen molar-refractivity contribution in [2.24, 2.45) is 0 Å². The average molecular weight is 732 g/mol. The number of hydrogen-bond acceptors (Lipinski definition) is 5. The van der Waals surface area contributed by atoms with Crippen LogP contribution in [0.15, 0.2) is 180 Å². The molecule has 0 saturated heterocycles. The van der Waals surface area contributed by atoms with E-state index in [0.29, 0.717) is 17.5 Å². The van der Waals surface area contributed by atoms with E-state index in [9.17, 15) is 0 Å². The van der Waals surface area contributed by atoms with Gasteiger partial charge in [0.05, 0.1) is 0 Å². The van der Waals surface area contributed by atoms with Gasteiger partial charge in [-0.15, -0.1) is 11.3 Å². The van der Waals surface area contributed by atoms with Crippen LogP contribution in [0.3, 0.4) is 0 Å². The summed E-state index contributed by atoms with van der Waals surface area (Å²) in [6, 6.07) is 62.0. The zero-order valence-corrected chi connectivity index (χ0v) is 30.7. The molecule has 0 radical (unpaired) electrons. The molecule has 5 heteroatoms. The normalized spacial score (nSPS) is 11.9. The molecule has 0 N–H and O–H groups in total. The van der Waals surface area contributed by atoms with Crippen molar-refractivity contribution < 1.29 is 4.42 Å². The maximum atomic E-state index is 6.76. The highest BCUT2D eigenvalue weighted by Gasteiger charge is 2.21. The summed E-state index contributed by atoms with van der Waals surface area (Å²) in [5.41, 5.74) is 6.70. The highest BCUT2D eigenvalue weighted by molar-refractivity contribution is 7.25. The molecular formula is C51H29N3OS. The van der Waals surface area contributed by atoms with Gasteiger partial charge in [-0.25, -0.2) is 15.0 Å². The number of nitrogens with zero attached hydrogens (tertiary/aromatic N) is 3. The van der Waals surface area contributed by atoms with E-state index in [1.54, 1.807) is 11.3 Å². The van der Waals surface area contributed by atoms with E-state index in [0.717, 1.165) is 76.7 Å². The second-order valence-corrected chi connectivity index (χ2v) is 15.4. The number of para-hydroxylation sites is 1. The Morgan fingerprint density at radius 3 is 1.79 bits per heavy atom. The minimum absolute atomic E-state index is 0.615. The van der Waals surface area contributed by atoms with Gasteiger partial charge in [0.1, 0.15) is 11.2 Å². The molecule has 3 aromatic heterocycles. The van der Waals surface area contributed by atoms with Gasteiger partial charge in [-0.1, -0.05) is 146 Å². The van der Waals surface area contributed by atoms with Crippen molar-refractivity contribution in [1.82, 2.24) is 15.0 Å². The molecule has 260 valence electrons. The van der Waals surface area contributed by atoms with Crippen LogP contribution >= 0.6 is 11.3 Å². The van der Waals surface area contributed by atoms with Crippen LogP contribution in [-0.2, 0) is 0 Å². The topological polar surface area (TPSA) is 51.8 Å². The summed E-state index contributed by atoms with van der Waals surface area (Å²) < 4.78 is 9.21. The SMILES string of the molecule is c1ccc2c(-c3nc(-c4cc(-c5cccc6c5oc5ccc7ccccc7c56)c5ccccc5c4)nc(-c4cccc5sc6ccccc6c45)n3)cccc2c1. The van der Waals surface area contributed by atoms with Crippen LogP contribution in [-0.4, -0.2) is 15.0 Å². The Labute approximate surface area is 325 Å². The molecule has 0 fully saturated rings. The quantitative estimate of drug-likeness (QED) is 0.181. The largest absolute Gasteiger partial charge is 0.455 e. The second-order valence-electron chi connectivity index (χ2n) is 14.3. The molecule has 4 nitrogen and oxygen atoms in total. The fourth-order valence-corrected chi connectivity index (χ4v) is 9.70. The highest BCUT2D eigenvalue weighted by atomic mass is 32.1. The molecule has 12 rings (SSSR count). The Kier molecular flexibility index (Phi) is 6.76. The van der Waals surface area contributed by atoms with Crippen molar-refractivity contribution in [2.45, 2.75) is 0 Å². The minimum Gasteiger partial charge on any atom is -0.455 e. The summed E-state index contributed by atoms with van der Waals surface area (Å²) in [5, 5.41) is 11.4. The summed E-state index contributed by atoms with van der Waals surface area (Å²) in [6.45, 7) is 0. The number of aromatic nitrogens is 3. The lowest BCUT2D eigenvalue weighted by molar-refractivity contribution is 0.670. The molecule has 3 heterocycles. The van der Waals surface area contributed by atoms with Crippen molar-refractivity contribution >= 4 is 85.8 Å². The number of rotatable bonds is 4. The predicted molar refractivity (Wildman–Crippen MR) is 234 cm³/mol. The van der Waals surface area contributed by atoms with E-state index >= 15 is 0 Å². The minimum atomic E-state index is 0.615. The smallest absolute Gasteiger partial charge is 0.164 e. The summed E-state index contributed by atoms with van der Waals surface area (Å²) in [4.78, 5) is 15.9. The standard InChI is InChI=1S/C51H29N3OS/c1-4-16-34-30(12-1)15-9-21-38(34)50-52-49(53-51(54-50)41-23-11-25-45-47(41)39-19-7-8-24-44(39)56-45)33-28-32-14-3-5-17-35(32)42(29-33)37-20-10-22-40-46-36-18-6-2-13-31(36)26-27-43(46)55-48(37)40/h1-29H. The molecule has 0 aliphatic carbocycles. The monoisotopic (exact) mass is 731 g/mol. The van der Waals surface area contributed by atoms with Crippen LogP contribution in [0, 0.1) is 0 Å². The van der Waals surface area contributed by atoms with Gasteiger partial charge < -0.3 is 4.42 Å². The maximum Gasteiger partial charge on any atom is 0.164 e. The fraction of sp³-hybridized carbons (Fsp3) is 0. The Bertz CT molecular complexity index is 3560. The third-order valence-corrected chi connectivity index (χ3v) is 12.2. The predicted octanol–water partition coefficient (Wildman–Crippen LogP) is 14.3. The van der Waals surface area contributed by atoms with Crippen LogP contribution in [0.1, 0.15) is 0 Å². The van der Waals surface area contributed by atoms with E-state index in [4.69, 9.17) is 19.4 Å². The summed E-state index contributed by atoms with van der Waals surface area (Å²) >= 11 is 1.80. The number of benzene rings is 9. The molecular weight excluding hydrogens is 703 g/mol. The van der Waals surface area contributed by atoms with Crippen LogP contribution in [0.5, 0.6) is 0 Å². The van der Waals surface area contributed by atoms with Crippen LogP contribution in [0.2, 0.25) is 0 Å². The van der Waals surface area contributed by atoms with Gasteiger partial charge in [-0.3, -0.25) is 0 Å². The van der Waals surface area contributed by atoms with Gasteiger partial charge in [-0.05, 0) is 68.2 Å². The first-order valence-corrected chi connectivity index (χ1v) is 19.6. The lowest BCUT2D eigenvalue weighted by Crippen LogP contribution is -2.01. The Morgan fingerprint density at radius 2 is 0.929 bits per heavy atom. The zero-order chi connectivity index (χ0) is 36.7. The lowest BCUT2D eigenvalue weighted by Gasteiger charge is -2.14. The van der Waals surface area contributed by atoms with E-state index in [-0.39, 0.29) is 0 Å². The van der Waals surface area contributed by atoms with Crippen LogP contribution < -0.4 is 0 Å². The van der Waals surface area contributed by atoms with Crippen molar-refractivity contribution in [3.63, 3.8) is 0 Å². The molecule has 0 atom stereocenters. The van der Waals surface area contributed by atoms with Gasteiger partial charge in [0.25, 0.3) is 0 Å². The fourth-order valence-electron chi connectivity index (χ4n) is 8.57. The van der Waals surface area contributed by atoms with Crippen LogP contribution in [0.25, 0.3) is 120 Å². The van der Waals surface area contributed by atoms with E-state index < -0.39 is 0 Å². The van der Waals surface area contributed by atoms with Crippen LogP contribution in [0.4, 0.5) is 0 Å². The van der Waals surface area contributed by atoms with Gasteiger partial charge >= 0.3 is 0 Å². The van der Waals surface area contributed by atoms with Gasteiger partial charge in [-0.2, -0.15) is 0 Å². The molecule has 12 aromatic rings. The van der Waals surface area contributed by atoms with Gasteiger partial charge in [0.15, 0.2) is 17.5 Å². The Balaban J connectivity index is 1.14. The van der Waals surface area contributed by atoms with E-state index in [1.165, 1.54) is 25.6 Å². The molecule has 0 spiro atoms. The van der Waals surface area contributed by atoms with Crippen molar-refractivity contribution in [3.05, 3.63) is 176 Å². The average Bonchev–Trinajstić information content (AvgIpc) is 3.85. The summed E-state index contributed by atoms with van der Waals surface area (Å²) in [5.74, 6) is 1.90. The molecule has 0 aliphatic rings. The Morgan fingerprint density at radius 1 is 0.357 bits per heavy atom. The third kappa shape index (κ3) is 4.75. The van der Waals surface area contributed by atoms with E-state index in [1.807, 2.05) is 0 Å². The number of furan rings is 1. The summed E-state index contributed by atoms with van der Waals surface area (Å²) in [6.07, 6.45) is 0. The molecule has 0 unspecified atom stereocenters. The Hall–Kier alpha value is -7.21. The highest BCUT2D eigenvalue weighted by Crippen LogP contribution is 2.44. The molecule has 0 bridgehead atoms. The van der Waals surface area contributed by atoms with Crippen molar-refractivity contribution in [2.75, 3.05) is 0 Å². The first kappa shape index (κ1) is 31.2. The first-order chi connectivity index (χ1) is 27.7. The maximum absolute atomic E-state index is 6.76. The number of thiophene rings is 1. The first-order valence-electron chi connectivity index (χ1n) is 18.8. The molecule has 0 saturated carbocycles. The molecule has 0 aliphatic heterocycles. The molecule has 0 amide bonds. The van der Waals surface area contributed by atoms with Crippen molar-refractivity contribution in [3.8, 4) is 45.3 Å². The number of fused-ring (bicyclic) bond motifs is 10. The molecule has 56 heavy (non-hydrogen) atoms. The van der Waals surface area contributed by atoms with Crippen molar-refractivity contribution in [1.29, 1.82) is 0 Å². The van der Waals surface area contributed by atoms with E-state index in [2.05, 4.69) is 176 Å². The number of hydrogen-bond donors (Lipinski definition) is 0. The second kappa shape index (κ2) is 12.2. The molecule has 9 aromatic carbocycles. The lowest BCUT2D eigenvalue weighted by atomic mass is 9.93. The third-order valence-electron chi connectivity index (χ3n) is 11.1.